The maximum atomic E-state index is 13.8. The van der Waals surface area contributed by atoms with Gasteiger partial charge in [-0.3, -0.25) is 19.3 Å². The number of hydrogen-bond acceptors (Lipinski definition) is 9. The molecule has 0 fully saturated rings. The average Bonchev–Trinajstić information content (AvgIpc) is 2.86. The van der Waals surface area contributed by atoms with Gasteiger partial charge in [0.05, 0.1) is 18.2 Å². The lowest BCUT2D eigenvalue weighted by Crippen LogP contribution is -2.63. The number of rotatable bonds is 4. The molecular weight excluding hydrogens is 492 g/mol. The lowest BCUT2D eigenvalue weighted by Gasteiger charge is -2.50. The van der Waals surface area contributed by atoms with Crippen molar-refractivity contribution < 1.29 is 39.9 Å². The Morgan fingerprint density at radius 3 is 2.32 bits per heavy atom. The number of aromatic hydroxyl groups is 1. The zero-order chi connectivity index (χ0) is 27.7. The van der Waals surface area contributed by atoms with Gasteiger partial charge in [0.25, 0.3) is 5.91 Å². The fourth-order valence-electron chi connectivity index (χ4n) is 6.31. The van der Waals surface area contributed by atoms with E-state index >= 15 is 0 Å². The van der Waals surface area contributed by atoms with Gasteiger partial charge in [-0.05, 0) is 61.2 Å². The molecule has 198 valence electrons. The zero-order valence-electron chi connectivity index (χ0n) is 20.8. The molecule has 0 saturated heterocycles. The number of phenolic OH excluding ortho intramolecular Hbond substituents is 1. The predicted molar refractivity (Wildman–Crippen MR) is 135 cm³/mol. The molecular formula is C28H28N2O8. The van der Waals surface area contributed by atoms with Gasteiger partial charge in [0.1, 0.15) is 22.8 Å². The Hall–Kier alpha value is -3.99. The van der Waals surface area contributed by atoms with Crippen LogP contribution in [-0.4, -0.2) is 73.6 Å². The minimum absolute atomic E-state index is 0.0182. The molecule has 0 saturated carbocycles. The van der Waals surface area contributed by atoms with Gasteiger partial charge in [-0.25, -0.2) is 0 Å². The summed E-state index contributed by atoms with van der Waals surface area (Å²) in [5.41, 5.74) is 4.27. The van der Waals surface area contributed by atoms with Crippen molar-refractivity contribution in [3.63, 3.8) is 0 Å². The summed E-state index contributed by atoms with van der Waals surface area (Å²) in [6.45, 7) is -0.128. The highest BCUT2D eigenvalue weighted by Crippen LogP contribution is 2.53. The number of ketones is 2. The number of Topliss-reactive ketones (excluding diaryl/α,β-unsaturated/α-hetero) is 2. The first-order valence-corrected chi connectivity index (χ1v) is 12.1. The molecule has 10 nitrogen and oxygen atoms in total. The molecule has 0 aliphatic heterocycles. The van der Waals surface area contributed by atoms with Crippen LogP contribution >= 0.6 is 0 Å². The van der Waals surface area contributed by atoms with E-state index in [1.165, 1.54) is 11.0 Å². The Balaban J connectivity index is 1.70. The molecule has 10 heteroatoms. The van der Waals surface area contributed by atoms with E-state index in [2.05, 4.69) is 0 Å². The molecule has 38 heavy (non-hydrogen) atoms. The van der Waals surface area contributed by atoms with Gasteiger partial charge in [-0.2, -0.15) is 0 Å². The zero-order valence-corrected chi connectivity index (χ0v) is 20.8. The molecule has 0 radical (unpaired) electrons. The quantitative estimate of drug-likeness (QED) is 0.324. The van der Waals surface area contributed by atoms with Gasteiger partial charge in [-0.15, -0.1) is 0 Å². The first-order valence-electron chi connectivity index (χ1n) is 12.1. The minimum Gasteiger partial charge on any atom is -0.510 e. The summed E-state index contributed by atoms with van der Waals surface area (Å²) < 4.78 is 0. The summed E-state index contributed by atoms with van der Waals surface area (Å²) in [5.74, 6) is -6.82. The van der Waals surface area contributed by atoms with E-state index < -0.39 is 58.0 Å². The smallest absolute Gasteiger partial charge is 0.255 e. The van der Waals surface area contributed by atoms with Crippen LogP contribution in [-0.2, 0) is 22.6 Å². The number of aliphatic hydroxyl groups excluding tert-OH is 3. The number of carbonyl (C=O) groups excluding carboxylic acids is 3. The molecule has 2 aromatic carbocycles. The van der Waals surface area contributed by atoms with Gasteiger partial charge in [0.2, 0.25) is 5.78 Å². The van der Waals surface area contributed by atoms with Crippen LogP contribution in [0.3, 0.4) is 0 Å². The fourth-order valence-corrected chi connectivity index (χ4v) is 6.31. The average molecular weight is 521 g/mol. The molecule has 2 aromatic rings. The van der Waals surface area contributed by atoms with E-state index in [1.807, 2.05) is 0 Å². The lowest BCUT2D eigenvalue weighted by molar-refractivity contribution is -0.148. The second-order valence-corrected chi connectivity index (χ2v) is 10.3. The second kappa shape index (κ2) is 8.80. The SMILES string of the molecule is CN(C)[C@@H]1C(O)=C(C(N)=O)C(=O)[C@@]2(O)C(O)=C3C(=O)c4c(O)ccc(-c5ccc(CO)cc5)c4C[C@H]3C[C@@H]12. The largest absolute Gasteiger partial charge is 0.510 e. The van der Waals surface area contributed by atoms with Crippen LogP contribution in [0, 0.1) is 11.8 Å². The Morgan fingerprint density at radius 2 is 1.74 bits per heavy atom. The fraction of sp³-hybridized carbons (Fsp3) is 0.321. The summed E-state index contributed by atoms with van der Waals surface area (Å²) in [6.07, 6.45) is 0.213. The number of likely N-dealkylation sites (N-methyl/N-ethyl adjacent to an activating group) is 1. The van der Waals surface area contributed by atoms with E-state index in [4.69, 9.17) is 5.73 Å². The maximum Gasteiger partial charge on any atom is 0.255 e. The molecule has 4 atom stereocenters. The molecule has 0 heterocycles. The number of allylic oxidation sites excluding steroid dienone is 1. The van der Waals surface area contributed by atoms with Crippen molar-refractivity contribution in [3.05, 3.63) is 75.8 Å². The number of nitrogens with two attached hydrogens (primary N) is 1. The van der Waals surface area contributed by atoms with E-state index in [-0.39, 0.29) is 36.3 Å². The third-order valence-electron chi connectivity index (χ3n) is 8.05. The second-order valence-electron chi connectivity index (χ2n) is 10.3. The molecule has 0 spiro atoms. The Morgan fingerprint density at radius 1 is 1.08 bits per heavy atom. The highest BCUT2D eigenvalue weighted by Gasteiger charge is 2.63. The number of amides is 1. The number of hydrogen-bond donors (Lipinski definition) is 6. The molecule has 1 amide bonds. The van der Waals surface area contributed by atoms with Crippen LogP contribution in [0.2, 0.25) is 0 Å². The van der Waals surface area contributed by atoms with Crippen molar-refractivity contribution in [2.24, 2.45) is 17.6 Å². The topological polar surface area (TPSA) is 182 Å². The number of nitrogens with zero attached hydrogens (tertiary/aromatic N) is 1. The molecule has 0 bridgehead atoms. The highest BCUT2D eigenvalue weighted by atomic mass is 16.3. The van der Waals surface area contributed by atoms with Crippen LogP contribution < -0.4 is 5.73 Å². The molecule has 0 aromatic heterocycles. The molecule has 0 unspecified atom stereocenters. The minimum atomic E-state index is -2.67. The van der Waals surface area contributed by atoms with Gasteiger partial charge >= 0.3 is 0 Å². The summed E-state index contributed by atoms with van der Waals surface area (Å²) >= 11 is 0. The molecule has 3 aliphatic rings. The Bertz CT molecular complexity index is 1460. The van der Waals surface area contributed by atoms with Crippen molar-refractivity contribution >= 4 is 17.5 Å². The number of fused-ring (bicyclic) bond motifs is 3. The van der Waals surface area contributed by atoms with Gasteiger partial charge in [-0.1, -0.05) is 30.3 Å². The maximum absolute atomic E-state index is 13.8. The summed E-state index contributed by atoms with van der Waals surface area (Å²) in [4.78, 5) is 40.7. The number of carbonyl (C=O) groups is 3. The number of primary amides is 1. The highest BCUT2D eigenvalue weighted by molar-refractivity contribution is 6.24. The molecule has 3 aliphatic carbocycles. The molecule has 5 rings (SSSR count). The van der Waals surface area contributed by atoms with Crippen molar-refractivity contribution in [2.75, 3.05) is 14.1 Å². The van der Waals surface area contributed by atoms with Crippen LogP contribution in [0.1, 0.15) is 27.9 Å². The summed E-state index contributed by atoms with van der Waals surface area (Å²) in [6, 6.07) is 9.08. The Kier molecular flexibility index (Phi) is 5.94. The number of phenols is 1. The van der Waals surface area contributed by atoms with E-state index in [9.17, 15) is 39.9 Å². The van der Waals surface area contributed by atoms with Crippen LogP contribution in [0.15, 0.2) is 59.1 Å². The van der Waals surface area contributed by atoms with Gasteiger partial charge < -0.3 is 31.3 Å². The molecule has 7 N–H and O–H groups in total. The van der Waals surface area contributed by atoms with Crippen LogP contribution in [0.5, 0.6) is 5.75 Å². The number of benzene rings is 2. The normalized spacial score (nSPS) is 26.8. The van der Waals surface area contributed by atoms with Crippen molar-refractivity contribution in [3.8, 4) is 16.9 Å². The van der Waals surface area contributed by atoms with Crippen molar-refractivity contribution in [2.45, 2.75) is 31.1 Å². The van der Waals surface area contributed by atoms with E-state index in [0.717, 1.165) is 5.56 Å². The Labute approximate surface area is 217 Å². The van der Waals surface area contributed by atoms with Gasteiger partial charge in [0.15, 0.2) is 11.4 Å². The summed E-state index contributed by atoms with van der Waals surface area (Å²) in [7, 11) is 3.17. The summed E-state index contributed by atoms with van der Waals surface area (Å²) in [5, 5.41) is 53.9. The van der Waals surface area contributed by atoms with E-state index in [1.54, 1.807) is 44.4 Å². The van der Waals surface area contributed by atoms with Gasteiger partial charge in [0, 0.05) is 11.5 Å². The lowest BCUT2D eigenvalue weighted by atomic mass is 9.58. The van der Waals surface area contributed by atoms with E-state index in [0.29, 0.717) is 16.7 Å². The van der Waals surface area contributed by atoms with Crippen molar-refractivity contribution in [1.29, 1.82) is 0 Å². The monoisotopic (exact) mass is 520 g/mol. The van der Waals surface area contributed by atoms with Crippen LogP contribution in [0.25, 0.3) is 11.1 Å². The number of aliphatic hydroxyl groups is 4. The third-order valence-corrected chi connectivity index (χ3v) is 8.05. The van der Waals surface area contributed by atoms with Crippen LogP contribution in [0.4, 0.5) is 0 Å². The standard InChI is InChI=1S/C28H28N2O8/c1-30(2)22-17-10-14-9-16-15(13-5-3-12(11-31)4-6-13)7-8-18(32)20(16)23(33)19(14)25(35)28(17,38)26(36)21(24(22)34)27(29)37/h3-8,14,17,22,31-32,34-35,38H,9-11H2,1-2H3,(H2,29,37)/t14-,17-,22-,28-/m0/s1. The first-order chi connectivity index (χ1) is 17.9. The predicted octanol–water partition coefficient (Wildman–Crippen LogP) is 1.28. The third kappa shape index (κ3) is 3.41. The van der Waals surface area contributed by atoms with Crippen molar-refractivity contribution in [1.82, 2.24) is 4.90 Å². The first kappa shape index (κ1) is 25.7.